The molecule has 0 radical (unpaired) electrons. The highest BCUT2D eigenvalue weighted by Crippen LogP contribution is 2.23. The summed E-state index contributed by atoms with van der Waals surface area (Å²) in [5.41, 5.74) is 6.47. The predicted octanol–water partition coefficient (Wildman–Crippen LogP) is 0.515. The summed E-state index contributed by atoms with van der Waals surface area (Å²) in [4.78, 5) is 18.1. The van der Waals surface area contributed by atoms with Crippen LogP contribution in [0.3, 0.4) is 0 Å². The third kappa shape index (κ3) is 4.14. The SMILES string of the molecule is Cc1cc(=O)[nH]c(SC(CO)C(N)C(C)C)n1. The summed E-state index contributed by atoms with van der Waals surface area (Å²) >= 11 is 1.31. The molecule has 0 spiro atoms. The second-order valence-electron chi connectivity index (χ2n) is 4.35. The van der Waals surface area contributed by atoms with Crippen molar-refractivity contribution in [3.8, 4) is 0 Å². The van der Waals surface area contributed by atoms with E-state index in [1.807, 2.05) is 13.8 Å². The van der Waals surface area contributed by atoms with Crippen LogP contribution in [-0.4, -0.2) is 33.0 Å². The number of rotatable bonds is 5. The van der Waals surface area contributed by atoms with Crippen LogP contribution in [0.25, 0.3) is 0 Å². The zero-order valence-electron chi connectivity index (χ0n) is 10.3. The Bertz CT molecular complexity index is 419. The molecule has 6 heteroatoms. The van der Waals surface area contributed by atoms with Crippen molar-refractivity contribution < 1.29 is 5.11 Å². The minimum Gasteiger partial charge on any atom is -0.395 e. The first-order valence-electron chi connectivity index (χ1n) is 5.55. The molecule has 0 amide bonds. The fourth-order valence-electron chi connectivity index (χ4n) is 1.42. The molecular weight excluding hydrogens is 238 g/mol. The first-order chi connectivity index (χ1) is 7.93. The smallest absolute Gasteiger partial charge is 0.251 e. The quantitative estimate of drug-likeness (QED) is 0.528. The van der Waals surface area contributed by atoms with E-state index in [1.165, 1.54) is 17.8 Å². The molecule has 0 fully saturated rings. The van der Waals surface area contributed by atoms with E-state index in [0.29, 0.717) is 10.9 Å². The maximum absolute atomic E-state index is 11.3. The number of nitrogens with zero attached hydrogens (tertiary/aromatic N) is 1. The van der Waals surface area contributed by atoms with Crippen LogP contribution < -0.4 is 11.3 Å². The van der Waals surface area contributed by atoms with Crippen LogP contribution in [-0.2, 0) is 0 Å². The van der Waals surface area contributed by atoms with Gasteiger partial charge in [-0.3, -0.25) is 4.79 Å². The number of aromatic amines is 1. The van der Waals surface area contributed by atoms with E-state index >= 15 is 0 Å². The molecule has 96 valence electrons. The summed E-state index contributed by atoms with van der Waals surface area (Å²) in [6, 6.07) is 1.29. The molecule has 0 saturated carbocycles. The Morgan fingerprint density at radius 2 is 2.24 bits per heavy atom. The molecule has 2 unspecified atom stereocenters. The maximum Gasteiger partial charge on any atom is 0.251 e. The van der Waals surface area contributed by atoms with Crippen LogP contribution in [0.5, 0.6) is 0 Å². The van der Waals surface area contributed by atoms with E-state index in [-0.39, 0.29) is 29.4 Å². The topological polar surface area (TPSA) is 92.0 Å². The Morgan fingerprint density at radius 3 is 2.71 bits per heavy atom. The van der Waals surface area contributed by atoms with Gasteiger partial charge in [-0.1, -0.05) is 25.6 Å². The van der Waals surface area contributed by atoms with E-state index in [4.69, 9.17) is 5.73 Å². The number of aryl methyl sites for hydroxylation is 1. The minimum absolute atomic E-state index is 0.0400. The molecule has 4 N–H and O–H groups in total. The van der Waals surface area contributed by atoms with Crippen molar-refractivity contribution in [3.05, 3.63) is 22.1 Å². The van der Waals surface area contributed by atoms with Gasteiger partial charge in [-0.25, -0.2) is 4.98 Å². The molecule has 0 aliphatic rings. The van der Waals surface area contributed by atoms with Crippen LogP contribution in [0, 0.1) is 12.8 Å². The third-order valence-corrected chi connectivity index (χ3v) is 3.67. The lowest BCUT2D eigenvalue weighted by Crippen LogP contribution is -2.39. The van der Waals surface area contributed by atoms with Gasteiger partial charge in [0.25, 0.3) is 5.56 Å². The number of aliphatic hydroxyl groups excluding tert-OH is 1. The average molecular weight is 257 g/mol. The molecule has 0 saturated heterocycles. The molecule has 0 bridgehead atoms. The van der Waals surface area contributed by atoms with Gasteiger partial charge >= 0.3 is 0 Å². The Kier molecular flexibility index (Phi) is 5.17. The van der Waals surface area contributed by atoms with Gasteiger partial charge in [0, 0.05) is 17.8 Å². The highest BCUT2D eigenvalue weighted by Gasteiger charge is 2.22. The Morgan fingerprint density at radius 1 is 1.59 bits per heavy atom. The maximum atomic E-state index is 11.3. The van der Waals surface area contributed by atoms with Gasteiger partial charge in [-0.2, -0.15) is 0 Å². The fraction of sp³-hybridized carbons (Fsp3) is 0.636. The number of H-pyrrole nitrogens is 1. The molecule has 1 aromatic rings. The highest BCUT2D eigenvalue weighted by molar-refractivity contribution is 7.99. The first-order valence-corrected chi connectivity index (χ1v) is 6.43. The fourth-order valence-corrected chi connectivity index (χ4v) is 2.61. The molecule has 1 rings (SSSR count). The molecular formula is C11H19N3O2S. The van der Waals surface area contributed by atoms with Crippen molar-refractivity contribution in [2.45, 2.75) is 37.2 Å². The summed E-state index contributed by atoms with van der Waals surface area (Å²) < 4.78 is 0. The Hall–Kier alpha value is -0.850. The molecule has 5 nitrogen and oxygen atoms in total. The van der Waals surface area contributed by atoms with Crippen molar-refractivity contribution in [2.75, 3.05) is 6.61 Å². The van der Waals surface area contributed by atoms with E-state index in [1.54, 1.807) is 6.92 Å². The number of thioether (sulfide) groups is 1. The molecule has 0 aromatic carbocycles. The van der Waals surface area contributed by atoms with Crippen molar-refractivity contribution in [3.63, 3.8) is 0 Å². The Balaban J connectivity index is 2.84. The summed E-state index contributed by atoms with van der Waals surface area (Å²) in [5, 5.41) is 9.66. The number of aliphatic hydroxyl groups is 1. The third-order valence-electron chi connectivity index (χ3n) is 2.49. The monoisotopic (exact) mass is 257 g/mol. The number of hydrogen-bond acceptors (Lipinski definition) is 5. The van der Waals surface area contributed by atoms with Crippen molar-refractivity contribution in [2.24, 2.45) is 11.7 Å². The predicted molar refractivity (Wildman–Crippen MR) is 69.1 cm³/mol. The number of hydrogen-bond donors (Lipinski definition) is 3. The second kappa shape index (κ2) is 6.18. The standard InChI is InChI=1S/C11H19N3O2S/c1-6(2)10(12)8(5-15)17-11-13-7(3)4-9(16)14-11/h4,6,8,10,15H,5,12H2,1-3H3,(H,13,14,16). The van der Waals surface area contributed by atoms with Crippen molar-refractivity contribution in [1.82, 2.24) is 9.97 Å². The number of aromatic nitrogens is 2. The molecule has 1 heterocycles. The van der Waals surface area contributed by atoms with Crippen LogP contribution >= 0.6 is 11.8 Å². The largest absolute Gasteiger partial charge is 0.395 e. The van der Waals surface area contributed by atoms with Crippen molar-refractivity contribution in [1.29, 1.82) is 0 Å². The Labute approximate surface area is 105 Å². The van der Waals surface area contributed by atoms with Crippen LogP contribution in [0.2, 0.25) is 0 Å². The van der Waals surface area contributed by atoms with Gasteiger partial charge in [-0.05, 0) is 12.8 Å². The van der Waals surface area contributed by atoms with E-state index in [9.17, 15) is 9.90 Å². The number of nitrogens with one attached hydrogen (secondary N) is 1. The van der Waals surface area contributed by atoms with E-state index in [0.717, 1.165) is 0 Å². The summed E-state index contributed by atoms with van der Waals surface area (Å²) in [5.74, 6) is 0.260. The molecule has 0 aliphatic carbocycles. The van der Waals surface area contributed by atoms with Crippen LogP contribution in [0.1, 0.15) is 19.5 Å². The van der Waals surface area contributed by atoms with Crippen LogP contribution in [0.4, 0.5) is 0 Å². The van der Waals surface area contributed by atoms with Gasteiger partial charge in [0.1, 0.15) is 0 Å². The van der Waals surface area contributed by atoms with Crippen molar-refractivity contribution >= 4 is 11.8 Å². The lowest BCUT2D eigenvalue weighted by atomic mass is 10.0. The molecule has 17 heavy (non-hydrogen) atoms. The molecule has 0 aliphatic heterocycles. The van der Waals surface area contributed by atoms with Gasteiger partial charge < -0.3 is 15.8 Å². The second-order valence-corrected chi connectivity index (χ2v) is 5.58. The van der Waals surface area contributed by atoms with E-state index < -0.39 is 0 Å². The van der Waals surface area contributed by atoms with Gasteiger partial charge in [-0.15, -0.1) is 0 Å². The lowest BCUT2D eigenvalue weighted by Gasteiger charge is -2.23. The first kappa shape index (κ1) is 14.2. The van der Waals surface area contributed by atoms with Crippen LogP contribution in [0.15, 0.2) is 16.0 Å². The zero-order valence-corrected chi connectivity index (χ0v) is 11.1. The summed E-state index contributed by atoms with van der Waals surface area (Å²) in [6.45, 7) is 5.72. The average Bonchev–Trinajstić information content (AvgIpc) is 2.23. The molecule has 1 aromatic heterocycles. The summed E-state index contributed by atoms with van der Waals surface area (Å²) in [7, 11) is 0. The zero-order chi connectivity index (χ0) is 13.0. The minimum atomic E-state index is -0.185. The lowest BCUT2D eigenvalue weighted by molar-refractivity contribution is 0.269. The number of nitrogens with two attached hydrogens (primary N) is 1. The van der Waals surface area contributed by atoms with Gasteiger partial charge in [0.05, 0.1) is 11.9 Å². The summed E-state index contributed by atoms with van der Waals surface area (Å²) in [6.07, 6.45) is 0. The molecule has 2 atom stereocenters. The van der Waals surface area contributed by atoms with Gasteiger partial charge in [0.2, 0.25) is 0 Å². The highest BCUT2D eigenvalue weighted by atomic mass is 32.2. The van der Waals surface area contributed by atoms with Gasteiger partial charge in [0.15, 0.2) is 5.16 Å². The normalized spacial score (nSPS) is 14.9. The van der Waals surface area contributed by atoms with E-state index in [2.05, 4.69) is 9.97 Å².